The van der Waals surface area contributed by atoms with E-state index in [4.69, 9.17) is 9.47 Å². The molecule has 8 rings (SSSR count). The Morgan fingerprint density at radius 2 is 0.800 bits per heavy atom. The summed E-state index contributed by atoms with van der Waals surface area (Å²) in [6.45, 7) is 4.19. The molecule has 0 N–H and O–H groups in total. The number of fused-ring (bicyclic) bond motifs is 10. The maximum atomic E-state index is 12.6. The molecule has 6 aliphatic rings. The van der Waals surface area contributed by atoms with Crippen LogP contribution in [-0.4, -0.2) is 121 Å². The van der Waals surface area contributed by atoms with Gasteiger partial charge in [-0.1, -0.05) is 85.0 Å². The highest BCUT2D eigenvalue weighted by molar-refractivity contribution is 6.07. The van der Waals surface area contributed by atoms with Gasteiger partial charge in [0.05, 0.1) is 102 Å². The number of hydrogen-bond acceptors (Lipinski definition) is 6. The lowest BCUT2D eigenvalue weighted by molar-refractivity contribution is -0.902. The van der Waals surface area contributed by atoms with E-state index in [0.29, 0.717) is 13.1 Å². The van der Waals surface area contributed by atoms with Gasteiger partial charge in [0.1, 0.15) is 13.1 Å². The summed E-state index contributed by atoms with van der Waals surface area (Å²) in [5.41, 5.74) is 2.52. The minimum absolute atomic E-state index is 0. The molecule has 4 amide bonds. The van der Waals surface area contributed by atoms with E-state index in [2.05, 4.69) is 52.5 Å². The van der Waals surface area contributed by atoms with Crippen LogP contribution in [0.15, 0.2) is 85.0 Å². The maximum Gasteiger partial charge on any atom is 0.236 e. The van der Waals surface area contributed by atoms with E-state index in [1.165, 1.54) is 20.9 Å². The zero-order valence-corrected chi connectivity index (χ0v) is 31.3. The van der Waals surface area contributed by atoms with Gasteiger partial charge in [0.25, 0.3) is 0 Å². The van der Waals surface area contributed by atoms with Crippen LogP contribution in [0.2, 0.25) is 0 Å². The smallest absolute Gasteiger partial charge is 0.236 e. The van der Waals surface area contributed by atoms with Crippen molar-refractivity contribution in [2.45, 2.75) is 37.5 Å². The van der Waals surface area contributed by atoms with Gasteiger partial charge in [0.15, 0.2) is 0 Å². The van der Waals surface area contributed by atoms with Crippen molar-refractivity contribution in [3.05, 3.63) is 96.1 Å². The van der Waals surface area contributed by atoms with E-state index in [1.807, 2.05) is 60.7 Å². The van der Waals surface area contributed by atoms with E-state index in [9.17, 15) is 19.2 Å². The SMILES string of the molecule is C[N+](C)(CCN1C(=O)C2C3C=CC(O3)C2C1=O)Cc1ccccc1.C[N+](C)(CCN1C(=O)C2C3C=CC(O3)C2C1=O)Cc1ccccc1.[Br-].[Cl-]. The molecule has 2 aromatic carbocycles. The lowest BCUT2D eigenvalue weighted by Gasteiger charge is -2.31. The fourth-order valence-corrected chi connectivity index (χ4v) is 8.23. The van der Waals surface area contributed by atoms with E-state index in [1.54, 1.807) is 0 Å². The summed E-state index contributed by atoms with van der Waals surface area (Å²) in [4.78, 5) is 53.5. The third kappa shape index (κ3) is 7.26. The molecule has 4 fully saturated rings. The molecule has 268 valence electrons. The van der Waals surface area contributed by atoms with Crippen LogP contribution in [0.3, 0.4) is 0 Å². The van der Waals surface area contributed by atoms with Crippen LogP contribution in [0, 0.1) is 23.7 Å². The van der Waals surface area contributed by atoms with Crippen molar-refractivity contribution in [1.29, 1.82) is 0 Å². The molecule has 0 saturated carbocycles. The van der Waals surface area contributed by atoms with Crippen molar-refractivity contribution in [2.24, 2.45) is 23.7 Å². The van der Waals surface area contributed by atoms with Crippen molar-refractivity contribution in [1.82, 2.24) is 9.80 Å². The summed E-state index contributed by atoms with van der Waals surface area (Å²) >= 11 is 0. The molecule has 50 heavy (non-hydrogen) atoms. The molecule has 0 radical (unpaired) electrons. The highest BCUT2D eigenvalue weighted by Gasteiger charge is 2.61. The van der Waals surface area contributed by atoms with Crippen molar-refractivity contribution >= 4 is 23.6 Å². The topological polar surface area (TPSA) is 93.2 Å². The first-order valence-corrected chi connectivity index (χ1v) is 17.0. The summed E-state index contributed by atoms with van der Waals surface area (Å²) in [5, 5.41) is 0. The molecule has 8 atom stereocenters. The van der Waals surface area contributed by atoms with E-state index >= 15 is 0 Å². The van der Waals surface area contributed by atoms with Gasteiger partial charge in [-0.2, -0.15) is 0 Å². The minimum atomic E-state index is -0.294. The number of halogens is 2. The summed E-state index contributed by atoms with van der Waals surface area (Å²) in [6, 6.07) is 20.6. The average molecular weight is 770 g/mol. The fourth-order valence-electron chi connectivity index (χ4n) is 8.23. The van der Waals surface area contributed by atoms with Crippen LogP contribution in [0.5, 0.6) is 0 Å². The highest BCUT2D eigenvalue weighted by Crippen LogP contribution is 2.46. The van der Waals surface area contributed by atoms with Crippen molar-refractivity contribution in [2.75, 3.05) is 54.4 Å². The lowest BCUT2D eigenvalue weighted by atomic mass is 9.85. The summed E-state index contributed by atoms with van der Waals surface area (Å²) in [5.74, 6) is -1.39. The molecular formula is C38H46BrClN4O6. The van der Waals surface area contributed by atoms with Crippen LogP contribution in [0.1, 0.15) is 11.1 Å². The van der Waals surface area contributed by atoms with E-state index in [-0.39, 0.29) is 101 Å². The van der Waals surface area contributed by atoms with E-state index < -0.39 is 0 Å². The molecule has 12 heteroatoms. The van der Waals surface area contributed by atoms with E-state index in [0.717, 1.165) is 35.1 Å². The Morgan fingerprint density at radius 3 is 1.08 bits per heavy atom. The van der Waals surface area contributed by atoms with Crippen molar-refractivity contribution in [3.8, 4) is 0 Å². The maximum absolute atomic E-state index is 12.6. The second kappa shape index (κ2) is 14.8. The number of nitrogens with zero attached hydrogens (tertiary/aromatic N) is 4. The summed E-state index contributed by atoms with van der Waals surface area (Å²) in [6.07, 6.45) is 6.90. The number of likely N-dealkylation sites (tertiary alicyclic amines) is 2. The van der Waals surface area contributed by atoms with Crippen LogP contribution >= 0.6 is 0 Å². The lowest BCUT2D eigenvalue weighted by Crippen LogP contribution is -3.00. The molecule has 0 aromatic heterocycles. The molecule has 0 spiro atoms. The Hall–Kier alpha value is -3.19. The quantitative estimate of drug-likeness (QED) is 0.141. The van der Waals surface area contributed by atoms with Crippen LogP contribution in [0.25, 0.3) is 0 Å². The molecule has 4 bridgehead atoms. The fraction of sp³-hybridized carbons (Fsp3) is 0.474. The number of imide groups is 2. The van der Waals surface area contributed by atoms with Crippen LogP contribution < -0.4 is 29.4 Å². The molecule has 6 heterocycles. The Balaban J connectivity index is 0.000000187. The van der Waals surface area contributed by atoms with Gasteiger partial charge in [-0.3, -0.25) is 29.0 Å². The number of rotatable bonds is 10. The second-order valence-corrected chi connectivity index (χ2v) is 15.3. The summed E-state index contributed by atoms with van der Waals surface area (Å²) < 4.78 is 12.8. The Kier molecular flexibility index (Phi) is 11.3. The van der Waals surface area contributed by atoms with Gasteiger partial charge in [-0.25, -0.2) is 0 Å². The summed E-state index contributed by atoms with van der Waals surface area (Å²) in [7, 11) is 8.53. The van der Waals surface area contributed by atoms with Gasteiger partial charge in [-0.05, 0) is 0 Å². The minimum Gasteiger partial charge on any atom is -1.00 e. The molecular weight excluding hydrogens is 724 g/mol. The Morgan fingerprint density at radius 1 is 0.520 bits per heavy atom. The first kappa shape index (κ1) is 38.1. The average Bonchev–Trinajstić information content (AvgIpc) is 3.90. The normalized spacial score (nSPS) is 29.9. The Bertz CT molecular complexity index is 1470. The monoisotopic (exact) mass is 768 g/mol. The van der Waals surface area contributed by atoms with Gasteiger partial charge in [0, 0.05) is 11.1 Å². The standard InChI is InChI=1S/2C19H23N2O3.BrH.ClH/c2*1-21(2,12-13-6-4-3-5-7-13)11-10-20-18(22)16-14-8-9-15(24-14)17(16)19(20)23;;/h2*3-9,14-17H,10-12H2,1-2H3;2*1H/q2*+1;;/p-2. The number of amides is 4. The predicted octanol–water partition coefficient (Wildman–Crippen LogP) is -3.59. The number of quaternary nitrogens is 2. The zero-order chi connectivity index (χ0) is 33.8. The molecule has 0 aliphatic carbocycles. The second-order valence-electron chi connectivity index (χ2n) is 15.3. The number of likely N-dealkylation sites (N-methyl/N-ethyl adjacent to an activating group) is 2. The van der Waals surface area contributed by atoms with Crippen molar-refractivity contribution in [3.63, 3.8) is 0 Å². The first-order chi connectivity index (χ1) is 22.9. The molecule has 6 aliphatic heterocycles. The Labute approximate surface area is 311 Å². The van der Waals surface area contributed by atoms with Gasteiger partial charge in [0.2, 0.25) is 23.6 Å². The molecule has 4 saturated heterocycles. The van der Waals surface area contributed by atoms with Crippen molar-refractivity contribution < 1.29 is 67.0 Å². The first-order valence-electron chi connectivity index (χ1n) is 17.0. The number of ether oxygens (including phenoxy) is 2. The highest BCUT2D eigenvalue weighted by atomic mass is 79.9. The molecule has 10 nitrogen and oxygen atoms in total. The third-order valence-electron chi connectivity index (χ3n) is 10.8. The zero-order valence-electron chi connectivity index (χ0n) is 28.9. The molecule has 8 unspecified atom stereocenters. The number of benzene rings is 2. The number of hydrogen-bond donors (Lipinski definition) is 0. The molecule has 2 aromatic rings. The van der Waals surface area contributed by atoms with Gasteiger partial charge < -0.3 is 47.8 Å². The van der Waals surface area contributed by atoms with Crippen LogP contribution in [-0.2, 0) is 41.7 Å². The number of carbonyl (C=O) groups excluding carboxylic acids is 4. The third-order valence-corrected chi connectivity index (χ3v) is 10.8. The van der Waals surface area contributed by atoms with Gasteiger partial charge in [-0.15, -0.1) is 0 Å². The van der Waals surface area contributed by atoms with Gasteiger partial charge >= 0.3 is 0 Å². The predicted molar refractivity (Wildman–Crippen MR) is 177 cm³/mol. The largest absolute Gasteiger partial charge is 1.00 e. The van der Waals surface area contributed by atoms with Crippen LogP contribution in [0.4, 0.5) is 0 Å². The number of carbonyl (C=O) groups is 4.